The summed E-state index contributed by atoms with van der Waals surface area (Å²) in [5.74, 6) is 0.0220. The molecule has 1 aliphatic rings. The predicted octanol–water partition coefficient (Wildman–Crippen LogP) is 2.31. The molecule has 1 fully saturated rings. The molecule has 5 nitrogen and oxygen atoms in total. The van der Waals surface area contributed by atoms with Crippen LogP contribution in [0.15, 0.2) is 59.2 Å². The second kappa shape index (κ2) is 9.25. The molecule has 0 bridgehead atoms. The number of furan rings is 1. The maximum absolute atomic E-state index is 12.9. The van der Waals surface area contributed by atoms with E-state index >= 15 is 0 Å². The molecule has 0 spiro atoms. The highest BCUT2D eigenvalue weighted by atomic mass is 16.5. The third-order valence-corrected chi connectivity index (χ3v) is 5.71. The molecule has 3 aromatic rings. The fourth-order valence-electron chi connectivity index (χ4n) is 3.99. The third kappa shape index (κ3) is 4.86. The maximum Gasteiger partial charge on any atom is 0.225 e. The standard InChI is InChI=1S/C24H28N2O3/c1-2-18-8-9-21-20(17-29-23(21)14-18)15-24(27)25-22(19-6-4-3-5-7-19)16-26-10-12-28-13-11-26/h3-9,14,17,22H,2,10-13,15-16H2,1H3,(H,25,27)/p+1/t22-/m0/s1. The van der Waals surface area contributed by atoms with Gasteiger partial charge >= 0.3 is 0 Å². The summed E-state index contributed by atoms with van der Waals surface area (Å²) < 4.78 is 11.2. The molecule has 0 aliphatic carbocycles. The number of benzene rings is 2. The van der Waals surface area contributed by atoms with Gasteiger partial charge in [-0.05, 0) is 23.6 Å². The first kappa shape index (κ1) is 19.7. The van der Waals surface area contributed by atoms with Crippen molar-refractivity contribution in [2.24, 2.45) is 0 Å². The van der Waals surface area contributed by atoms with E-state index in [-0.39, 0.29) is 11.9 Å². The van der Waals surface area contributed by atoms with Crippen LogP contribution in [0.3, 0.4) is 0 Å². The summed E-state index contributed by atoms with van der Waals surface area (Å²) in [6.07, 6.45) is 3.00. The highest BCUT2D eigenvalue weighted by molar-refractivity contribution is 5.88. The molecule has 1 aromatic heterocycles. The van der Waals surface area contributed by atoms with Crippen LogP contribution in [0.4, 0.5) is 0 Å². The van der Waals surface area contributed by atoms with E-state index in [0.717, 1.165) is 61.4 Å². The molecule has 1 amide bonds. The van der Waals surface area contributed by atoms with Gasteiger partial charge in [0.15, 0.2) is 0 Å². The van der Waals surface area contributed by atoms with Crippen LogP contribution in [0.2, 0.25) is 0 Å². The SMILES string of the molecule is CCc1ccc2c(CC(=O)N[C@@H](C[NH+]3CCOCC3)c3ccccc3)coc2c1. The Labute approximate surface area is 171 Å². The summed E-state index contributed by atoms with van der Waals surface area (Å²) >= 11 is 0. The predicted molar refractivity (Wildman–Crippen MR) is 113 cm³/mol. The Kier molecular flexibility index (Phi) is 6.27. The molecular formula is C24H29N2O3+. The van der Waals surface area contributed by atoms with Crippen LogP contribution in [-0.4, -0.2) is 38.8 Å². The van der Waals surface area contributed by atoms with Crippen molar-refractivity contribution < 1.29 is 18.8 Å². The molecule has 0 saturated carbocycles. The van der Waals surface area contributed by atoms with Crippen molar-refractivity contribution in [2.75, 3.05) is 32.8 Å². The van der Waals surface area contributed by atoms with Crippen LogP contribution in [0.25, 0.3) is 11.0 Å². The second-order valence-corrected chi connectivity index (χ2v) is 7.72. The molecule has 29 heavy (non-hydrogen) atoms. The molecule has 2 aromatic carbocycles. The van der Waals surface area contributed by atoms with Crippen molar-refractivity contribution in [3.05, 3.63) is 71.5 Å². The van der Waals surface area contributed by atoms with Gasteiger partial charge in [0.25, 0.3) is 0 Å². The zero-order chi connectivity index (χ0) is 20.1. The molecule has 4 rings (SSSR count). The van der Waals surface area contributed by atoms with E-state index in [4.69, 9.17) is 9.15 Å². The summed E-state index contributed by atoms with van der Waals surface area (Å²) in [6.45, 7) is 6.51. The third-order valence-electron chi connectivity index (χ3n) is 5.71. The molecule has 2 heterocycles. The zero-order valence-corrected chi connectivity index (χ0v) is 16.9. The van der Waals surface area contributed by atoms with Crippen molar-refractivity contribution in [1.29, 1.82) is 0 Å². The number of quaternary nitrogens is 1. The summed E-state index contributed by atoms with van der Waals surface area (Å²) in [6, 6.07) is 16.4. The number of morpholine rings is 1. The number of hydrogen-bond acceptors (Lipinski definition) is 3. The normalized spacial score (nSPS) is 16.0. The molecular weight excluding hydrogens is 364 g/mol. The first-order valence-corrected chi connectivity index (χ1v) is 10.5. The minimum absolute atomic E-state index is 0.0124. The van der Waals surface area contributed by atoms with Gasteiger partial charge in [-0.3, -0.25) is 4.79 Å². The van der Waals surface area contributed by atoms with E-state index in [1.165, 1.54) is 10.5 Å². The van der Waals surface area contributed by atoms with Crippen LogP contribution in [0.1, 0.15) is 29.7 Å². The number of ether oxygens (including phenoxy) is 1. The van der Waals surface area contributed by atoms with Crippen LogP contribution in [0, 0.1) is 0 Å². The van der Waals surface area contributed by atoms with Gasteiger partial charge in [-0.25, -0.2) is 0 Å². The molecule has 0 radical (unpaired) electrons. The van der Waals surface area contributed by atoms with E-state index < -0.39 is 0 Å². The average Bonchev–Trinajstić information content (AvgIpc) is 3.16. The largest absolute Gasteiger partial charge is 0.464 e. The highest BCUT2D eigenvalue weighted by Crippen LogP contribution is 2.23. The Morgan fingerprint density at radius 2 is 1.93 bits per heavy atom. The van der Waals surface area contributed by atoms with E-state index in [0.29, 0.717) is 6.42 Å². The van der Waals surface area contributed by atoms with Crippen molar-refractivity contribution in [1.82, 2.24) is 5.32 Å². The number of carbonyl (C=O) groups is 1. The fourth-order valence-corrected chi connectivity index (χ4v) is 3.99. The van der Waals surface area contributed by atoms with Gasteiger partial charge in [-0.2, -0.15) is 0 Å². The minimum Gasteiger partial charge on any atom is -0.464 e. The van der Waals surface area contributed by atoms with Gasteiger partial charge in [0, 0.05) is 10.9 Å². The monoisotopic (exact) mass is 393 g/mol. The van der Waals surface area contributed by atoms with Crippen molar-refractivity contribution in [3.8, 4) is 0 Å². The van der Waals surface area contributed by atoms with Gasteiger partial charge in [0.1, 0.15) is 31.3 Å². The molecule has 1 atom stereocenters. The number of nitrogens with one attached hydrogen (secondary N) is 2. The average molecular weight is 394 g/mol. The number of rotatable bonds is 7. The Hall–Kier alpha value is -2.63. The molecule has 152 valence electrons. The Balaban J connectivity index is 1.47. The first-order chi connectivity index (χ1) is 14.2. The lowest BCUT2D eigenvalue weighted by Crippen LogP contribution is -3.14. The summed E-state index contributed by atoms with van der Waals surface area (Å²) in [5.41, 5.74) is 4.17. The number of carbonyl (C=O) groups excluding carboxylic acids is 1. The Morgan fingerprint density at radius 1 is 1.14 bits per heavy atom. The quantitative estimate of drug-likeness (QED) is 0.648. The lowest BCUT2D eigenvalue weighted by Gasteiger charge is -2.28. The summed E-state index contributed by atoms with van der Waals surface area (Å²) in [7, 11) is 0. The van der Waals surface area contributed by atoms with Crippen LogP contribution >= 0.6 is 0 Å². The van der Waals surface area contributed by atoms with Crippen molar-refractivity contribution >= 4 is 16.9 Å². The zero-order valence-electron chi connectivity index (χ0n) is 16.9. The van der Waals surface area contributed by atoms with Crippen molar-refractivity contribution in [2.45, 2.75) is 25.8 Å². The van der Waals surface area contributed by atoms with Crippen LogP contribution in [-0.2, 0) is 22.4 Å². The first-order valence-electron chi connectivity index (χ1n) is 10.5. The van der Waals surface area contributed by atoms with E-state index in [2.05, 4.69) is 42.6 Å². The Bertz CT molecular complexity index is 945. The number of amides is 1. The van der Waals surface area contributed by atoms with E-state index in [1.54, 1.807) is 6.26 Å². The Morgan fingerprint density at radius 3 is 2.69 bits per heavy atom. The topological polar surface area (TPSA) is 55.9 Å². The van der Waals surface area contributed by atoms with Gasteiger partial charge in [0.2, 0.25) is 5.91 Å². The van der Waals surface area contributed by atoms with Gasteiger partial charge in [0.05, 0.1) is 25.9 Å². The van der Waals surface area contributed by atoms with Crippen LogP contribution < -0.4 is 10.2 Å². The number of aryl methyl sites for hydroxylation is 1. The minimum atomic E-state index is -0.0124. The smallest absolute Gasteiger partial charge is 0.225 e. The maximum atomic E-state index is 12.9. The second-order valence-electron chi connectivity index (χ2n) is 7.72. The summed E-state index contributed by atoms with van der Waals surface area (Å²) in [5, 5.41) is 4.28. The van der Waals surface area contributed by atoms with Crippen LogP contribution in [0.5, 0.6) is 0 Å². The molecule has 0 unspecified atom stereocenters. The van der Waals surface area contributed by atoms with Crippen molar-refractivity contribution in [3.63, 3.8) is 0 Å². The molecule has 1 saturated heterocycles. The number of fused-ring (bicyclic) bond motifs is 1. The lowest BCUT2D eigenvalue weighted by atomic mass is 10.0. The van der Waals surface area contributed by atoms with E-state index in [1.807, 2.05) is 18.2 Å². The molecule has 2 N–H and O–H groups in total. The summed E-state index contributed by atoms with van der Waals surface area (Å²) in [4.78, 5) is 14.4. The number of hydrogen-bond donors (Lipinski definition) is 2. The highest BCUT2D eigenvalue weighted by Gasteiger charge is 2.23. The van der Waals surface area contributed by atoms with E-state index in [9.17, 15) is 4.79 Å². The van der Waals surface area contributed by atoms with Gasteiger partial charge in [-0.1, -0.05) is 49.4 Å². The molecule has 1 aliphatic heterocycles. The lowest BCUT2D eigenvalue weighted by molar-refractivity contribution is -0.909. The molecule has 5 heteroatoms. The fraction of sp³-hybridized carbons (Fsp3) is 0.375. The van der Waals surface area contributed by atoms with Gasteiger partial charge in [-0.15, -0.1) is 0 Å². The van der Waals surface area contributed by atoms with Gasteiger partial charge < -0.3 is 19.4 Å².